The van der Waals surface area contributed by atoms with Gasteiger partial charge in [0, 0.05) is 27.0 Å². The second kappa shape index (κ2) is 11.2. The van der Waals surface area contributed by atoms with Gasteiger partial charge in [0.25, 0.3) is 0 Å². The van der Waals surface area contributed by atoms with Crippen LogP contribution in [0.2, 0.25) is 5.02 Å². The first kappa shape index (κ1) is 29.1. The molecule has 2 heterocycles. The Labute approximate surface area is 272 Å². The maximum atomic E-state index is 14.7. The van der Waals surface area contributed by atoms with Crippen molar-refractivity contribution < 1.29 is 24.2 Å². The Balaban J connectivity index is 1.17. The molecular formula is C37H36ClN3O5. The summed E-state index contributed by atoms with van der Waals surface area (Å²) in [5.41, 5.74) is 2.23. The quantitative estimate of drug-likeness (QED) is 0.168. The molecule has 4 bridgehead atoms. The summed E-state index contributed by atoms with van der Waals surface area (Å²) in [4.78, 5) is 45.6. The van der Waals surface area contributed by atoms with Crippen LogP contribution in [0.1, 0.15) is 84.2 Å². The van der Waals surface area contributed by atoms with Gasteiger partial charge in [0.05, 0.1) is 12.5 Å². The first-order valence-corrected chi connectivity index (χ1v) is 16.6. The fraction of sp³-hybridized carbons (Fsp3) is 0.378. The Hall–Kier alpha value is -4.30. The number of nitrogens with one attached hydrogen (secondary N) is 2. The van der Waals surface area contributed by atoms with E-state index in [0.717, 1.165) is 30.4 Å². The minimum absolute atomic E-state index is 0.110. The number of fused-ring (bicyclic) bond motifs is 1. The predicted molar refractivity (Wildman–Crippen MR) is 173 cm³/mol. The van der Waals surface area contributed by atoms with Crippen LogP contribution < -0.4 is 10.1 Å². The molecule has 1 aromatic heterocycles. The highest BCUT2D eigenvalue weighted by Gasteiger charge is 2.54. The fourth-order valence-electron chi connectivity index (χ4n) is 9.22. The summed E-state index contributed by atoms with van der Waals surface area (Å²) in [6.45, 7) is 0.396. The van der Waals surface area contributed by atoms with Gasteiger partial charge in [0.1, 0.15) is 24.1 Å². The smallest absolute Gasteiger partial charge is 0.352 e. The zero-order chi connectivity index (χ0) is 31.6. The molecule has 3 aromatic carbocycles. The molecule has 1 aliphatic heterocycles. The zero-order valence-corrected chi connectivity index (χ0v) is 26.1. The van der Waals surface area contributed by atoms with E-state index in [9.17, 15) is 19.5 Å². The van der Waals surface area contributed by atoms with Gasteiger partial charge in [-0.1, -0.05) is 60.1 Å². The monoisotopic (exact) mass is 637 g/mol. The van der Waals surface area contributed by atoms with Crippen molar-refractivity contribution in [3.05, 3.63) is 100 Å². The van der Waals surface area contributed by atoms with Gasteiger partial charge in [-0.2, -0.15) is 0 Å². The van der Waals surface area contributed by atoms with Crippen molar-refractivity contribution in [2.45, 2.75) is 69.2 Å². The van der Waals surface area contributed by atoms with Crippen molar-refractivity contribution in [3.63, 3.8) is 0 Å². The second-order valence-corrected chi connectivity index (χ2v) is 14.3. The molecule has 0 radical (unpaired) electrons. The van der Waals surface area contributed by atoms with E-state index in [1.54, 1.807) is 23.1 Å². The Morgan fingerprint density at radius 2 is 1.70 bits per heavy atom. The lowest BCUT2D eigenvalue weighted by Crippen LogP contribution is -2.62. The standard InChI is InChI=1S/C37H36ClN3O5/c38-26-9-10-28-29(15-26)39-33(36(44)45)32(28)34(35(43)40-37-17-22-11-23(18-37)13-24(12-22)19-37)41-30(16-31(41)42)25-7-4-8-27(14-25)46-20-21-5-2-1-3-6-21/h1-10,14-15,22-24,30,34,39H,11-13,16-20H2,(H,40,43)(H,44,45). The van der Waals surface area contributed by atoms with Crippen LogP contribution in [0.3, 0.4) is 0 Å². The molecule has 9 heteroatoms. The van der Waals surface area contributed by atoms with Gasteiger partial charge < -0.3 is 25.0 Å². The number of β-lactam (4-membered cyclic amide) rings is 1. The number of carboxylic acid groups (broad SMARTS) is 1. The number of benzene rings is 3. The molecule has 8 nitrogen and oxygen atoms in total. The number of hydrogen-bond donors (Lipinski definition) is 3. The largest absolute Gasteiger partial charge is 0.489 e. The average Bonchev–Trinajstić information content (AvgIpc) is 3.39. The lowest BCUT2D eigenvalue weighted by atomic mass is 9.53. The normalized spacial score (nSPS) is 27.0. The van der Waals surface area contributed by atoms with E-state index in [2.05, 4.69) is 10.3 Å². The molecule has 2 atom stereocenters. The minimum atomic E-state index is -1.20. The summed E-state index contributed by atoms with van der Waals surface area (Å²) in [6.07, 6.45) is 6.68. The van der Waals surface area contributed by atoms with Gasteiger partial charge in [-0.05, 0) is 91.7 Å². The molecular weight excluding hydrogens is 602 g/mol. The SMILES string of the molecule is O=C(O)c1[nH]c2cc(Cl)ccc2c1C(C(=O)NC12CC3CC(CC(C3)C1)C2)N1C(=O)CC1c1cccc(OCc2ccccc2)c1. The second-order valence-electron chi connectivity index (χ2n) is 13.9. The molecule has 4 saturated carbocycles. The zero-order valence-electron chi connectivity index (χ0n) is 25.4. The van der Waals surface area contributed by atoms with Gasteiger partial charge >= 0.3 is 5.97 Å². The van der Waals surface area contributed by atoms with E-state index in [0.29, 0.717) is 46.0 Å². The van der Waals surface area contributed by atoms with E-state index in [-0.39, 0.29) is 35.0 Å². The number of aromatic nitrogens is 1. The number of rotatable bonds is 9. The molecule has 5 aliphatic rings. The Bertz CT molecular complexity index is 1820. The molecule has 46 heavy (non-hydrogen) atoms. The van der Waals surface area contributed by atoms with Crippen LogP contribution in [0.25, 0.3) is 10.9 Å². The van der Waals surface area contributed by atoms with Crippen molar-refractivity contribution in [2.24, 2.45) is 17.8 Å². The van der Waals surface area contributed by atoms with Gasteiger partial charge in [0.15, 0.2) is 0 Å². The number of carboxylic acids is 1. The van der Waals surface area contributed by atoms with E-state index < -0.39 is 18.1 Å². The molecule has 2 unspecified atom stereocenters. The highest BCUT2D eigenvalue weighted by Crippen LogP contribution is 2.56. The number of likely N-dealkylation sites (tertiary alicyclic amines) is 1. The number of amides is 2. The Morgan fingerprint density at radius 1 is 0.978 bits per heavy atom. The topological polar surface area (TPSA) is 112 Å². The van der Waals surface area contributed by atoms with Crippen molar-refractivity contribution >= 4 is 40.3 Å². The van der Waals surface area contributed by atoms with Crippen LogP contribution in [0, 0.1) is 17.8 Å². The molecule has 2 amide bonds. The van der Waals surface area contributed by atoms with Crippen molar-refractivity contribution in [2.75, 3.05) is 0 Å². The summed E-state index contributed by atoms with van der Waals surface area (Å²) in [5.74, 6) is 0.741. The summed E-state index contributed by atoms with van der Waals surface area (Å²) in [7, 11) is 0. The van der Waals surface area contributed by atoms with Crippen LogP contribution >= 0.6 is 11.6 Å². The molecule has 5 fully saturated rings. The van der Waals surface area contributed by atoms with Gasteiger partial charge in [-0.15, -0.1) is 0 Å². The van der Waals surface area contributed by atoms with E-state index in [1.807, 2.05) is 54.6 Å². The molecule has 4 aliphatic carbocycles. The summed E-state index contributed by atoms with van der Waals surface area (Å²) < 4.78 is 6.09. The third-order valence-corrected chi connectivity index (χ3v) is 11.0. The van der Waals surface area contributed by atoms with Gasteiger partial charge in [-0.3, -0.25) is 9.59 Å². The van der Waals surface area contributed by atoms with Crippen molar-refractivity contribution in [1.82, 2.24) is 15.2 Å². The number of aromatic amines is 1. The molecule has 236 valence electrons. The summed E-state index contributed by atoms with van der Waals surface area (Å²) in [6, 6.07) is 21.0. The Morgan fingerprint density at radius 3 is 2.37 bits per heavy atom. The molecule has 3 N–H and O–H groups in total. The highest BCUT2D eigenvalue weighted by molar-refractivity contribution is 6.31. The van der Waals surface area contributed by atoms with Crippen LogP contribution in [-0.4, -0.2) is 38.3 Å². The molecule has 4 aromatic rings. The summed E-state index contributed by atoms with van der Waals surface area (Å²) >= 11 is 6.29. The number of carbonyl (C=O) groups is 3. The number of nitrogens with zero attached hydrogens (tertiary/aromatic N) is 1. The van der Waals surface area contributed by atoms with Crippen LogP contribution in [0.5, 0.6) is 5.75 Å². The Kier molecular flexibility index (Phi) is 7.09. The number of carbonyl (C=O) groups excluding carboxylic acids is 2. The average molecular weight is 638 g/mol. The van der Waals surface area contributed by atoms with Crippen molar-refractivity contribution in [3.8, 4) is 5.75 Å². The lowest BCUT2D eigenvalue weighted by molar-refractivity contribution is -0.157. The number of halogens is 1. The third kappa shape index (κ3) is 5.13. The molecule has 1 saturated heterocycles. The molecule has 9 rings (SSSR count). The van der Waals surface area contributed by atoms with Crippen LogP contribution in [-0.2, 0) is 16.2 Å². The number of aromatic carboxylic acids is 1. The first-order valence-electron chi connectivity index (χ1n) is 16.2. The highest BCUT2D eigenvalue weighted by atomic mass is 35.5. The number of hydrogen-bond acceptors (Lipinski definition) is 4. The summed E-state index contributed by atoms with van der Waals surface area (Å²) in [5, 5.41) is 14.8. The van der Waals surface area contributed by atoms with E-state index in [1.165, 1.54) is 19.3 Å². The molecule has 0 spiro atoms. The van der Waals surface area contributed by atoms with Gasteiger partial charge in [0.2, 0.25) is 11.8 Å². The number of ether oxygens (including phenoxy) is 1. The van der Waals surface area contributed by atoms with E-state index >= 15 is 0 Å². The lowest BCUT2D eigenvalue weighted by Gasteiger charge is -2.57. The van der Waals surface area contributed by atoms with Gasteiger partial charge in [-0.25, -0.2) is 4.79 Å². The van der Waals surface area contributed by atoms with Crippen LogP contribution in [0.4, 0.5) is 0 Å². The predicted octanol–water partition coefficient (Wildman–Crippen LogP) is 7.20. The minimum Gasteiger partial charge on any atom is -0.489 e. The maximum Gasteiger partial charge on any atom is 0.352 e. The maximum absolute atomic E-state index is 14.7. The third-order valence-electron chi connectivity index (χ3n) is 10.7. The van der Waals surface area contributed by atoms with Crippen LogP contribution in [0.15, 0.2) is 72.8 Å². The number of H-pyrrole nitrogens is 1. The van der Waals surface area contributed by atoms with Crippen molar-refractivity contribution in [1.29, 1.82) is 0 Å². The fourth-order valence-corrected chi connectivity index (χ4v) is 9.39. The first-order chi connectivity index (χ1) is 22.2. The van der Waals surface area contributed by atoms with E-state index in [4.69, 9.17) is 16.3 Å².